The molecule has 78 valence electrons. The molecule has 0 aliphatic heterocycles. The number of nitrogens with zero attached hydrogens (tertiary/aromatic N) is 3. The fourth-order valence-corrected chi connectivity index (χ4v) is 1.35. The normalized spacial score (nSPS) is 9.50. The third-order valence-electron chi connectivity index (χ3n) is 1.80. The quantitative estimate of drug-likeness (QED) is 0.798. The first kappa shape index (κ1) is 10.8. The fraction of sp³-hybridized carbons (Fsp3) is 0. The first-order valence-corrected chi connectivity index (χ1v) is 5.51. The van der Waals surface area contributed by atoms with Gasteiger partial charge >= 0.3 is 0 Å². The van der Waals surface area contributed by atoms with Gasteiger partial charge in [-0.15, -0.1) is 0 Å². The third kappa shape index (κ3) is 2.67. The van der Waals surface area contributed by atoms with Crippen molar-refractivity contribution >= 4 is 22.6 Å². The Morgan fingerprint density at radius 2 is 1.88 bits per heavy atom. The smallest absolute Gasteiger partial charge is 0.237 e. The fourth-order valence-electron chi connectivity index (χ4n) is 1.07. The summed E-state index contributed by atoms with van der Waals surface area (Å²) in [6.45, 7) is 0. The highest BCUT2D eigenvalue weighted by atomic mass is 127. The summed E-state index contributed by atoms with van der Waals surface area (Å²) in [6, 6.07) is 8.86. The molecule has 0 aliphatic carbocycles. The first-order valence-electron chi connectivity index (χ1n) is 4.43. The van der Waals surface area contributed by atoms with Crippen molar-refractivity contribution in [3.63, 3.8) is 0 Å². The number of hydrogen-bond donors (Lipinski definition) is 0. The molecule has 0 unspecified atom stereocenters. The van der Waals surface area contributed by atoms with Crippen LogP contribution in [0.1, 0.15) is 5.56 Å². The van der Waals surface area contributed by atoms with Crippen molar-refractivity contribution in [3.8, 4) is 17.7 Å². The lowest BCUT2D eigenvalue weighted by molar-refractivity contribution is 0.459. The molecule has 5 heteroatoms. The number of halogens is 1. The van der Waals surface area contributed by atoms with E-state index >= 15 is 0 Å². The van der Waals surface area contributed by atoms with E-state index in [-0.39, 0.29) is 0 Å². The largest absolute Gasteiger partial charge is 0.438 e. The highest BCUT2D eigenvalue weighted by molar-refractivity contribution is 14.1. The number of ether oxygens (including phenoxy) is 1. The molecule has 1 aromatic heterocycles. The Hall–Kier alpha value is -1.68. The van der Waals surface area contributed by atoms with Gasteiger partial charge < -0.3 is 4.74 Å². The molecule has 0 amide bonds. The van der Waals surface area contributed by atoms with E-state index < -0.39 is 0 Å². The standard InChI is InChI=1S/C11H6IN3O/c12-10-6-15-11(7-14-10)16-9-3-1-8(5-13)2-4-9/h1-4,6-7H. The maximum atomic E-state index is 8.63. The highest BCUT2D eigenvalue weighted by Crippen LogP contribution is 2.18. The van der Waals surface area contributed by atoms with E-state index in [0.29, 0.717) is 17.2 Å². The monoisotopic (exact) mass is 323 g/mol. The van der Waals surface area contributed by atoms with E-state index in [1.54, 1.807) is 36.7 Å². The molecular formula is C11H6IN3O. The van der Waals surface area contributed by atoms with Crippen LogP contribution in [0.3, 0.4) is 0 Å². The zero-order valence-corrected chi connectivity index (χ0v) is 10.2. The summed E-state index contributed by atoms with van der Waals surface area (Å²) in [7, 11) is 0. The van der Waals surface area contributed by atoms with Crippen LogP contribution in [-0.2, 0) is 0 Å². The maximum absolute atomic E-state index is 8.63. The van der Waals surface area contributed by atoms with Gasteiger partial charge in [-0.25, -0.2) is 9.97 Å². The lowest BCUT2D eigenvalue weighted by Crippen LogP contribution is -1.90. The molecule has 0 spiro atoms. The molecule has 2 rings (SSSR count). The second-order valence-corrected chi connectivity index (χ2v) is 4.02. The molecule has 0 N–H and O–H groups in total. The van der Waals surface area contributed by atoms with Crippen molar-refractivity contribution in [2.75, 3.05) is 0 Å². The Morgan fingerprint density at radius 1 is 1.12 bits per heavy atom. The second-order valence-electron chi connectivity index (χ2n) is 2.92. The summed E-state index contributed by atoms with van der Waals surface area (Å²) in [4.78, 5) is 8.11. The van der Waals surface area contributed by atoms with Crippen LogP contribution < -0.4 is 4.74 Å². The van der Waals surface area contributed by atoms with Gasteiger partial charge in [0.2, 0.25) is 5.88 Å². The Kier molecular flexibility index (Phi) is 3.31. The molecular weight excluding hydrogens is 317 g/mol. The van der Waals surface area contributed by atoms with Crippen LogP contribution in [0, 0.1) is 15.0 Å². The van der Waals surface area contributed by atoms with Gasteiger partial charge in [-0.2, -0.15) is 5.26 Å². The summed E-state index contributed by atoms with van der Waals surface area (Å²) < 4.78 is 6.26. The van der Waals surface area contributed by atoms with Gasteiger partial charge in [-0.1, -0.05) is 0 Å². The average Bonchev–Trinajstić information content (AvgIpc) is 2.33. The predicted octanol–water partition coefficient (Wildman–Crippen LogP) is 2.75. The average molecular weight is 323 g/mol. The Morgan fingerprint density at radius 3 is 2.44 bits per heavy atom. The van der Waals surface area contributed by atoms with Gasteiger partial charge in [0, 0.05) is 0 Å². The van der Waals surface area contributed by atoms with E-state index in [0.717, 1.165) is 3.70 Å². The summed E-state index contributed by atoms with van der Waals surface area (Å²) in [5.41, 5.74) is 0.598. The Bertz CT molecular complexity index is 516. The van der Waals surface area contributed by atoms with Crippen molar-refractivity contribution in [1.82, 2.24) is 9.97 Å². The van der Waals surface area contributed by atoms with E-state index in [9.17, 15) is 0 Å². The number of aromatic nitrogens is 2. The molecule has 0 bridgehead atoms. The van der Waals surface area contributed by atoms with Crippen LogP contribution in [0.5, 0.6) is 11.6 Å². The van der Waals surface area contributed by atoms with Gasteiger partial charge in [-0.3, -0.25) is 0 Å². The van der Waals surface area contributed by atoms with E-state index in [4.69, 9.17) is 10.00 Å². The van der Waals surface area contributed by atoms with Crippen molar-refractivity contribution < 1.29 is 4.74 Å². The zero-order chi connectivity index (χ0) is 11.4. The van der Waals surface area contributed by atoms with Gasteiger partial charge in [0.1, 0.15) is 9.45 Å². The molecule has 0 aliphatic rings. The topological polar surface area (TPSA) is 58.8 Å². The number of benzene rings is 1. The lowest BCUT2D eigenvalue weighted by atomic mass is 10.2. The first-order chi connectivity index (χ1) is 7.78. The van der Waals surface area contributed by atoms with Crippen molar-refractivity contribution in [2.24, 2.45) is 0 Å². The van der Waals surface area contributed by atoms with E-state index in [1.165, 1.54) is 0 Å². The second kappa shape index (κ2) is 4.90. The van der Waals surface area contributed by atoms with Crippen LogP contribution >= 0.6 is 22.6 Å². The van der Waals surface area contributed by atoms with Gasteiger partial charge in [-0.05, 0) is 46.9 Å². The third-order valence-corrected chi connectivity index (χ3v) is 2.36. The summed E-state index contributed by atoms with van der Waals surface area (Å²) >= 11 is 2.07. The van der Waals surface area contributed by atoms with Crippen molar-refractivity contribution in [1.29, 1.82) is 5.26 Å². The zero-order valence-electron chi connectivity index (χ0n) is 8.09. The summed E-state index contributed by atoms with van der Waals surface area (Å²) in [5, 5.41) is 8.63. The van der Waals surface area contributed by atoms with Crippen LogP contribution in [0.2, 0.25) is 0 Å². The molecule has 1 heterocycles. The molecule has 2 aromatic rings. The van der Waals surface area contributed by atoms with Crippen molar-refractivity contribution in [2.45, 2.75) is 0 Å². The maximum Gasteiger partial charge on any atom is 0.237 e. The van der Waals surface area contributed by atoms with Crippen molar-refractivity contribution in [3.05, 3.63) is 45.9 Å². The highest BCUT2D eigenvalue weighted by Gasteiger charge is 1.99. The predicted molar refractivity (Wildman–Crippen MR) is 66.0 cm³/mol. The molecule has 4 nitrogen and oxygen atoms in total. The molecule has 0 saturated carbocycles. The van der Waals surface area contributed by atoms with Gasteiger partial charge in [0.15, 0.2) is 0 Å². The SMILES string of the molecule is N#Cc1ccc(Oc2cnc(I)cn2)cc1. The Balaban J connectivity index is 2.15. The molecule has 0 atom stereocenters. The summed E-state index contributed by atoms with van der Waals surface area (Å²) in [6.07, 6.45) is 3.18. The molecule has 0 radical (unpaired) electrons. The van der Waals surface area contributed by atoms with Crippen LogP contribution in [0.25, 0.3) is 0 Å². The molecule has 0 saturated heterocycles. The van der Waals surface area contributed by atoms with E-state index in [2.05, 4.69) is 32.6 Å². The number of nitriles is 1. The number of hydrogen-bond acceptors (Lipinski definition) is 4. The van der Waals surface area contributed by atoms with Crippen LogP contribution in [0.15, 0.2) is 36.7 Å². The lowest BCUT2D eigenvalue weighted by Gasteiger charge is -2.03. The van der Waals surface area contributed by atoms with Crippen LogP contribution in [-0.4, -0.2) is 9.97 Å². The Labute approximate surface area is 106 Å². The van der Waals surface area contributed by atoms with E-state index in [1.807, 2.05) is 6.07 Å². The number of rotatable bonds is 2. The van der Waals surface area contributed by atoms with Gasteiger partial charge in [0.25, 0.3) is 0 Å². The summed E-state index contributed by atoms with van der Waals surface area (Å²) in [5.74, 6) is 1.07. The van der Waals surface area contributed by atoms with Crippen LogP contribution in [0.4, 0.5) is 0 Å². The molecule has 0 fully saturated rings. The van der Waals surface area contributed by atoms with Gasteiger partial charge in [0.05, 0.1) is 24.0 Å². The molecule has 1 aromatic carbocycles. The minimum absolute atomic E-state index is 0.435. The minimum Gasteiger partial charge on any atom is -0.438 e. The molecule has 16 heavy (non-hydrogen) atoms. The minimum atomic E-state index is 0.435.